The predicted molar refractivity (Wildman–Crippen MR) is 82.7 cm³/mol. The Kier molecular flexibility index (Phi) is 4.01. The lowest BCUT2D eigenvalue weighted by Gasteiger charge is -2.29. The van der Waals surface area contributed by atoms with Gasteiger partial charge in [0, 0.05) is 17.7 Å². The first-order valence-corrected chi connectivity index (χ1v) is 8.21. The summed E-state index contributed by atoms with van der Waals surface area (Å²) < 4.78 is 12.8. The average Bonchev–Trinajstić information content (AvgIpc) is 3.02. The van der Waals surface area contributed by atoms with Crippen molar-refractivity contribution in [2.24, 2.45) is 0 Å². The summed E-state index contributed by atoms with van der Waals surface area (Å²) in [6.45, 7) is 1.95. The van der Waals surface area contributed by atoms with E-state index in [9.17, 15) is 18.8 Å². The molecule has 122 valence electrons. The van der Waals surface area contributed by atoms with E-state index in [-0.39, 0.29) is 16.3 Å². The summed E-state index contributed by atoms with van der Waals surface area (Å²) in [5, 5.41) is 0. The van der Waals surface area contributed by atoms with Gasteiger partial charge in [-0.15, -0.1) is 11.8 Å². The molecule has 1 aromatic carbocycles. The first-order valence-electron chi connectivity index (χ1n) is 7.22. The van der Waals surface area contributed by atoms with E-state index in [1.54, 1.807) is 16.7 Å². The predicted octanol–water partition coefficient (Wildman–Crippen LogP) is 1.04. The van der Waals surface area contributed by atoms with Crippen LogP contribution >= 0.6 is 11.8 Å². The molecule has 6 nitrogen and oxygen atoms in total. The largest absolute Gasteiger partial charge is 0.315 e. The highest BCUT2D eigenvalue weighted by Gasteiger charge is 2.52. The van der Waals surface area contributed by atoms with Crippen molar-refractivity contribution in [1.82, 2.24) is 15.8 Å². The van der Waals surface area contributed by atoms with Gasteiger partial charge >= 0.3 is 0 Å². The number of carbonyl (C=O) groups excluding carboxylic acids is 3. The number of nitrogens with zero attached hydrogens (tertiary/aromatic N) is 1. The topological polar surface area (TPSA) is 78.5 Å². The molecule has 0 aromatic heterocycles. The van der Waals surface area contributed by atoms with Gasteiger partial charge in [0.15, 0.2) is 0 Å². The van der Waals surface area contributed by atoms with Gasteiger partial charge in [0.1, 0.15) is 11.9 Å². The van der Waals surface area contributed by atoms with Crippen LogP contribution in [-0.4, -0.2) is 39.3 Å². The van der Waals surface area contributed by atoms with E-state index in [1.807, 2.05) is 6.92 Å². The maximum atomic E-state index is 12.8. The average molecular weight is 337 g/mol. The molecule has 3 amide bonds. The molecule has 23 heavy (non-hydrogen) atoms. The van der Waals surface area contributed by atoms with Crippen molar-refractivity contribution in [1.29, 1.82) is 0 Å². The van der Waals surface area contributed by atoms with Crippen molar-refractivity contribution in [2.45, 2.75) is 30.7 Å². The highest BCUT2D eigenvalue weighted by molar-refractivity contribution is 8.01. The molecule has 2 aliphatic heterocycles. The molecule has 0 radical (unpaired) electrons. The molecule has 1 aromatic rings. The number of halogens is 1. The van der Waals surface area contributed by atoms with Gasteiger partial charge in [0.25, 0.3) is 11.8 Å². The third kappa shape index (κ3) is 2.90. The monoisotopic (exact) mass is 337 g/mol. The SMILES string of the molecule is C[C@]12CCC(=O)N1[C@@H](C(=O)NNC(=O)c1ccc(F)cc1)CS2. The number of thioether (sulfide) groups is 1. The quantitative estimate of drug-likeness (QED) is 0.791. The Labute approximate surface area is 136 Å². The maximum absolute atomic E-state index is 12.8. The molecule has 2 N–H and O–H groups in total. The molecule has 2 fully saturated rings. The molecule has 0 unspecified atom stereocenters. The molecule has 3 rings (SSSR count). The minimum atomic E-state index is -0.589. The minimum absolute atomic E-state index is 0.0393. The number of hydrogen-bond acceptors (Lipinski definition) is 4. The van der Waals surface area contributed by atoms with Crippen LogP contribution in [0.4, 0.5) is 4.39 Å². The highest BCUT2D eigenvalue weighted by atomic mass is 32.2. The minimum Gasteiger partial charge on any atom is -0.315 e. The van der Waals surface area contributed by atoms with E-state index in [2.05, 4.69) is 10.9 Å². The van der Waals surface area contributed by atoms with Crippen LogP contribution in [0.2, 0.25) is 0 Å². The lowest BCUT2D eigenvalue weighted by atomic mass is 10.2. The van der Waals surface area contributed by atoms with Gasteiger partial charge in [-0.1, -0.05) is 0 Å². The second-order valence-corrected chi connectivity index (χ2v) is 7.22. The lowest BCUT2D eigenvalue weighted by molar-refractivity contribution is -0.138. The molecular formula is C15H16FN3O3S. The van der Waals surface area contributed by atoms with E-state index < -0.39 is 23.7 Å². The van der Waals surface area contributed by atoms with Crippen LogP contribution in [0.15, 0.2) is 24.3 Å². The van der Waals surface area contributed by atoms with Crippen molar-refractivity contribution >= 4 is 29.5 Å². The first-order chi connectivity index (χ1) is 10.9. The number of carbonyl (C=O) groups is 3. The summed E-state index contributed by atoms with van der Waals surface area (Å²) in [7, 11) is 0. The second-order valence-electron chi connectivity index (χ2n) is 5.72. The number of benzene rings is 1. The summed E-state index contributed by atoms with van der Waals surface area (Å²) in [4.78, 5) is 37.4. The molecule has 2 saturated heterocycles. The summed E-state index contributed by atoms with van der Waals surface area (Å²) in [5.41, 5.74) is 4.87. The van der Waals surface area contributed by atoms with Crippen molar-refractivity contribution in [3.8, 4) is 0 Å². The zero-order valence-electron chi connectivity index (χ0n) is 12.5. The van der Waals surface area contributed by atoms with Gasteiger partial charge in [0.2, 0.25) is 5.91 Å². The van der Waals surface area contributed by atoms with E-state index in [0.29, 0.717) is 12.2 Å². The fourth-order valence-electron chi connectivity index (χ4n) is 2.89. The zero-order valence-corrected chi connectivity index (χ0v) is 13.3. The van der Waals surface area contributed by atoms with E-state index >= 15 is 0 Å². The molecule has 2 heterocycles. The van der Waals surface area contributed by atoms with Gasteiger partial charge < -0.3 is 4.90 Å². The Hall–Kier alpha value is -2.09. The summed E-state index contributed by atoms with van der Waals surface area (Å²) in [5.74, 6) is -0.949. The Bertz CT molecular complexity index is 666. The number of hydrogen-bond donors (Lipinski definition) is 2. The van der Waals surface area contributed by atoms with Crippen LogP contribution in [0.25, 0.3) is 0 Å². The fourth-order valence-corrected chi connectivity index (χ4v) is 4.32. The van der Waals surface area contributed by atoms with Gasteiger partial charge in [-0.2, -0.15) is 0 Å². The van der Waals surface area contributed by atoms with E-state index in [4.69, 9.17) is 0 Å². The van der Waals surface area contributed by atoms with Crippen LogP contribution < -0.4 is 10.9 Å². The Morgan fingerprint density at radius 2 is 2.00 bits per heavy atom. The Morgan fingerprint density at radius 1 is 1.30 bits per heavy atom. The van der Waals surface area contributed by atoms with Crippen molar-refractivity contribution in [3.05, 3.63) is 35.6 Å². The smallest absolute Gasteiger partial charge is 0.269 e. The number of nitrogens with one attached hydrogen (secondary N) is 2. The van der Waals surface area contributed by atoms with Gasteiger partial charge in [-0.3, -0.25) is 25.2 Å². The first kappa shape index (κ1) is 15.8. The highest BCUT2D eigenvalue weighted by Crippen LogP contribution is 2.47. The number of rotatable bonds is 2. The number of amides is 3. The third-order valence-electron chi connectivity index (χ3n) is 4.15. The molecule has 0 spiro atoms. The van der Waals surface area contributed by atoms with Gasteiger partial charge in [-0.25, -0.2) is 4.39 Å². The van der Waals surface area contributed by atoms with Crippen LogP contribution in [0.5, 0.6) is 0 Å². The standard InChI is InChI=1S/C15H16FN3O3S/c1-15-7-6-12(20)19(15)11(8-23-15)14(22)18-17-13(21)9-2-4-10(16)5-3-9/h2-5,11H,6-8H2,1H3,(H,17,21)(H,18,22)/t11-,15+/m1/s1. The van der Waals surface area contributed by atoms with Crippen molar-refractivity contribution in [2.75, 3.05) is 5.75 Å². The molecule has 0 bridgehead atoms. The number of hydrazine groups is 1. The Morgan fingerprint density at radius 3 is 2.70 bits per heavy atom. The summed E-state index contributed by atoms with van der Waals surface area (Å²) in [6.07, 6.45) is 1.16. The third-order valence-corrected chi connectivity index (χ3v) is 5.66. The molecule has 2 aliphatic rings. The molecule has 2 atom stereocenters. The fraction of sp³-hybridized carbons (Fsp3) is 0.400. The van der Waals surface area contributed by atoms with Gasteiger partial charge in [-0.05, 0) is 37.6 Å². The Balaban J connectivity index is 1.60. The van der Waals surface area contributed by atoms with Crippen LogP contribution in [0.1, 0.15) is 30.1 Å². The van der Waals surface area contributed by atoms with Crippen molar-refractivity contribution in [3.63, 3.8) is 0 Å². The van der Waals surface area contributed by atoms with Crippen LogP contribution in [-0.2, 0) is 9.59 Å². The normalized spacial score (nSPS) is 26.1. The van der Waals surface area contributed by atoms with Gasteiger partial charge in [0.05, 0.1) is 4.87 Å². The van der Waals surface area contributed by atoms with E-state index in [1.165, 1.54) is 24.3 Å². The van der Waals surface area contributed by atoms with E-state index in [0.717, 1.165) is 6.42 Å². The van der Waals surface area contributed by atoms with Crippen molar-refractivity contribution < 1.29 is 18.8 Å². The summed E-state index contributed by atoms with van der Waals surface area (Å²) in [6, 6.07) is 4.39. The maximum Gasteiger partial charge on any atom is 0.269 e. The summed E-state index contributed by atoms with van der Waals surface area (Å²) >= 11 is 1.58. The molecular weight excluding hydrogens is 321 g/mol. The van der Waals surface area contributed by atoms with Crippen LogP contribution in [0.3, 0.4) is 0 Å². The molecule has 0 saturated carbocycles. The molecule has 0 aliphatic carbocycles. The second kappa shape index (κ2) is 5.84. The zero-order chi connectivity index (χ0) is 16.6. The van der Waals surface area contributed by atoms with Crippen LogP contribution in [0, 0.1) is 5.82 Å². The molecule has 8 heteroatoms. The number of fused-ring (bicyclic) bond motifs is 1. The lowest BCUT2D eigenvalue weighted by Crippen LogP contribution is -2.54.